The lowest BCUT2D eigenvalue weighted by molar-refractivity contribution is 0.753. The Morgan fingerprint density at radius 3 is 2.90 bits per heavy atom. The highest BCUT2D eigenvalue weighted by molar-refractivity contribution is 6.32. The van der Waals surface area contributed by atoms with E-state index in [1.165, 1.54) is 11.1 Å². The third kappa shape index (κ3) is 3.10. The summed E-state index contributed by atoms with van der Waals surface area (Å²) in [6.45, 7) is 4.62. The minimum absolute atomic E-state index is 0.607. The quantitative estimate of drug-likeness (QED) is 0.942. The number of anilines is 2. The van der Waals surface area contributed by atoms with Gasteiger partial charge in [-0.2, -0.15) is 4.98 Å². The van der Waals surface area contributed by atoms with Crippen LogP contribution in [-0.2, 0) is 13.0 Å². The molecule has 5 heteroatoms. The molecule has 0 radical (unpaired) electrons. The van der Waals surface area contributed by atoms with Crippen LogP contribution < -0.4 is 10.2 Å². The standard InChI is InChI=1S/C16H19ClN4/c1-2-18-16-19-10-14(17)15(20-16)21-9-5-8-12-6-3-4-7-13(12)11-21/h3-4,6-7,10H,2,5,8-9,11H2,1H3,(H,18,19,20). The fraction of sp³-hybridized carbons (Fsp3) is 0.375. The van der Waals surface area contributed by atoms with Gasteiger partial charge in [-0.15, -0.1) is 0 Å². The number of rotatable bonds is 3. The first kappa shape index (κ1) is 14.1. The molecule has 1 aromatic heterocycles. The van der Waals surface area contributed by atoms with Gasteiger partial charge >= 0.3 is 0 Å². The van der Waals surface area contributed by atoms with E-state index in [1.807, 2.05) is 6.92 Å². The molecule has 0 spiro atoms. The highest BCUT2D eigenvalue weighted by atomic mass is 35.5. The summed E-state index contributed by atoms with van der Waals surface area (Å²) in [5.41, 5.74) is 2.78. The topological polar surface area (TPSA) is 41.1 Å². The summed E-state index contributed by atoms with van der Waals surface area (Å²) in [6.07, 6.45) is 3.89. The van der Waals surface area contributed by atoms with Crippen molar-refractivity contribution < 1.29 is 0 Å². The van der Waals surface area contributed by atoms with Crippen molar-refractivity contribution >= 4 is 23.4 Å². The van der Waals surface area contributed by atoms with Crippen molar-refractivity contribution in [2.24, 2.45) is 0 Å². The van der Waals surface area contributed by atoms with Gasteiger partial charge in [-0.25, -0.2) is 4.98 Å². The average molecular weight is 303 g/mol. The molecule has 0 aliphatic carbocycles. The van der Waals surface area contributed by atoms with Crippen molar-refractivity contribution in [3.63, 3.8) is 0 Å². The summed E-state index contributed by atoms with van der Waals surface area (Å²) in [5.74, 6) is 1.45. The molecule has 0 unspecified atom stereocenters. The number of aryl methyl sites for hydroxylation is 1. The van der Waals surface area contributed by atoms with Gasteiger partial charge in [0.15, 0.2) is 5.82 Å². The summed E-state index contributed by atoms with van der Waals surface area (Å²) in [5, 5.41) is 3.75. The molecule has 0 amide bonds. The summed E-state index contributed by atoms with van der Waals surface area (Å²) < 4.78 is 0. The SMILES string of the molecule is CCNc1ncc(Cl)c(N2CCCc3ccccc3C2)n1. The van der Waals surface area contributed by atoms with Crippen LogP contribution in [0.1, 0.15) is 24.5 Å². The second kappa shape index (κ2) is 6.31. The predicted octanol–water partition coefficient (Wildman–Crippen LogP) is 3.51. The Labute approximate surface area is 130 Å². The summed E-state index contributed by atoms with van der Waals surface area (Å²) in [4.78, 5) is 11.0. The van der Waals surface area contributed by atoms with Crippen LogP contribution in [0.2, 0.25) is 5.02 Å². The van der Waals surface area contributed by atoms with Crippen molar-refractivity contribution in [3.8, 4) is 0 Å². The zero-order valence-corrected chi connectivity index (χ0v) is 12.9. The first-order valence-corrected chi connectivity index (χ1v) is 7.74. The fourth-order valence-corrected chi connectivity index (χ4v) is 2.92. The maximum absolute atomic E-state index is 6.32. The fourth-order valence-electron chi connectivity index (χ4n) is 2.70. The van der Waals surface area contributed by atoms with Crippen LogP contribution in [-0.4, -0.2) is 23.1 Å². The predicted molar refractivity (Wildman–Crippen MR) is 87.0 cm³/mol. The van der Waals surface area contributed by atoms with E-state index in [0.717, 1.165) is 38.3 Å². The number of benzene rings is 1. The molecule has 1 aliphatic rings. The van der Waals surface area contributed by atoms with Gasteiger partial charge in [0, 0.05) is 19.6 Å². The molecule has 0 bridgehead atoms. The normalized spacial score (nSPS) is 14.5. The van der Waals surface area contributed by atoms with Crippen LogP contribution in [0.3, 0.4) is 0 Å². The maximum atomic E-state index is 6.32. The molecular formula is C16H19ClN4. The Morgan fingerprint density at radius 1 is 1.29 bits per heavy atom. The summed E-state index contributed by atoms with van der Waals surface area (Å²) in [7, 11) is 0. The molecule has 1 aliphatic heterocycles. The monoisotopic (exact) mass is 302 g/mol. The third-order valence-electron chi connectivity index (χ3n) is 3.71. The summed E-state index contributed by atoms with van der Waals surface area (Å²) in [6, 6.07) is 8.60. The third-order valence-corrected chi connectivity index (χ3v) is 3.98. The van der Waals surface area contributed by atoms with Crippen LogP contribution in [0.5, 0.6) is 0 Å². The van der Waals surface area contributed by atoms with Gasteiger partial charge in [-0.3, -0.25) is 0 Å². The Morgan fingerprint density at radius 2 is 2.10 bits per heavy atom. The van der Waals surface area contributed by atoms with Gasteiger partial charge in [0.2, 0.25) is 5.95 Å². The van der Waals surface area contributed by atoms with Crippen LogP contribution in [0, 0.1) is 0 Å². The second-order valence-corrected chi connectivity index (χ2v) is 5.60. The molecule has 0 saturated heterocycles. The maximum Gasteiger partial charge on any atom is 0.224 e. The number of fused-ring (bicyclic) bond motifs is 1. The first-order valence-electron chi connectivity index (χ1n) is 7.36. The van der Waals surface area contributed by atoms with E-state index in [0.29, 0.717) is 11.0 Å². The number of halogens is 1. The van der Waals surface area contributed by atoms with Crippen molar-refractivity contribution in [3.05, 3.63) is 46.6 Å². The Bertz CT molecular complexity index is 629. The lowest BCUT2D eigenvalue weighted by Gasteiger charge is -2.23. The van der Waals surface area contributed by atoms with E-state index >= 15 is 0 Å². The lowest BCUT2D eigenvalue weighted by atomic mass is 10.0. The van der Waals surface area contributed by atoms with E-state index in [9.17, 15) is 0 Å². The minimum Gasteiger partial charge on any atom is -0.354 e. The highest BCUT2D eigenvalue weighted by Crippen LogP contribution is 2.28. The molecule has 1 aromatic carbocycles. The molecule has 2 aromatic rings. The molecule has 0 atom stereocenters. The van der Waals surface area contributed by atoms with Gasteiger partial charge in [-0.1, -0.05) is 35.9 Å². The molecule has 2 heterocycles. The van der Waals surface area contributed by atoms with Crippen LogP contribution >= 0.6 is 11.6 Å². The Kier molecular flexibility index (Phi) is 4.25. The number of hydrogen-bond acceptors (Lipinski definition) is 4. The molecule has 110 valence electrons. The molecule has 3 rings (SSSR count). The lowest BCUT2D eigenvalue weighted by Crippen LogP contribution is -2.24. The van der Waals surface area contributed by atoms with Crippen LogP contribution in [0.15, 0.2) is 30.5 Å². The first-order chi connectivity index (χ1) is 10.3. The van der Waals surface area contributed by atoms with Gasteiger partial charge in [0.1, 0.15) is 5.02 Å². The molecule has 4 nitrogen and oxygen atoms in total. The zero-order valence-electron chi connectivity index (χ0n) is 12.1. The molecule has 0 fully saturated rings. The van der Waals surface area contributed by atoms with Crippen LogP contribution in [0.4, 0.5) is 11.8 Å². The number of hydrogen-bond donors (Lipinski definition) is 1. The smallest absolute Gasteiger partial charge is 0.224 e. The zero-order chi connectivity index (χ0) is 14.7. The number of nitrogens with zero attached hydrogens (tertiary/aromatic N) is 3. The van der Waals surface area contributed by atoms with Gasteiger partial charge < -0.3 is 10.2 Å². The highest BCUT2D eigenvalue weighted by Gasteiger charge is 2.18. The van der Waals surface area contributed by atoms with Crippen molar-refractivity contribution in [2.45, 2.75) is 26.3 Å². The summed E-state index contributed by atoms with van der Waals surface area (Å²) >= 11 is 6.32. The minimum atomic E-state index is 0.607. The van der Waals surface area contributed by atoms with E-state index in [-0.39, 0.29) is 0 Å². The number of aromatic nitrogens is 2. The van der Waals surface area contributed by atoms with Crippen molar-refractivity contribution in [1.82, 2.24) is 9.97 Å². The van der Waals surface area contributed by atoms with Gasteiger partial charge in [0.05, 0.1) is 6.20 Å². The molecular weight excluding hydrogens is 284 g/mol. The van der Waals surface area contributed by atoms with E-state index in [1.54, 1.807) is 6.20 Å². The van der Waals surface area contributed by atoms with E-state index < -0.39 is 0 Å². The van der Waals surface area contributed by atoms with E-state index in [2.05, 4.69) is 44.5 Å². The van der Waals surface area contributed by atoms with Crippen molar-refractivity contribution in [2.75, 3.05) is 23.3 Å². The Balaban J connectivity index is 1.91. The number of nitrogens with one attached hydrogen (secondary N) is 1. The van der Waals surface area contributed by atoms with Crippen LogP contribution in [0.25, 0.3) is 0 Å². The molecule has 1 N–H and O–H groups in total. The molecule has 0 saturated carbocycles. The Hall–Kier alpha value is -1.81. The second-order valence-electron chi connectivity index (χ2n) is 5.19. The average Bonchev–Trinajstić information content (AvgIpc) is 2.71. The van der Waals surface area contributed by atoms with Gasteiger partial charge in [0.25, 0.3) is 0 Å². The van der Waals surface area contributed by atoms with Crippen molar-refractivity contribution in [1.29, 1.82) is 0 Å². The van der Waals surface area contributed by atoms with Gasteiger partial charge in [-0.05, 0) is 30.9 Å². The molecule has 21 heavy (non-hydrogen) atoms. The van der Waals surface area contributed by atoms with E-state index in [4.69, 9.17) is 11.6 Å². The largest absolute Gasteiger partial charge is 0.354 e.